The lowest BCUT2D eigenvalue weighted by Crippen LogP contribution is -2.20. The minimum absolute atomic E-state index is 0.0780. The van der Waals surface area contributed by atoms with Gasteiger partial charge in [-0.1, -0.05) is 74.5 Å². The van der Waals surface area contributed by atoms with E-state index in [2.05, 4.69) is 67.3 Å². The van der Waals surface area contributed by atoms with Gasteiger partial charge in [0, 0.05) is 6.04 Å². The standard InChI is InChI=1S/C21H25NO2/c1-4-24-21(23)20-18(15(2)3)22(20)19(16-11-7-5-8-12-16)17-13-9-6-10-14-17/h5-15,18-20H,4H2,1-3H3/t18-,20-,22?/m0/s1. The molecule has 0 aromatic heterocycles. The summed E-state index contributed by atoms with van der Waals surface area (Å²) in [5.74, 6) is 0.294. The van der Waals surface area contributed by atoms with Crippen LogP contribution in [0, 0.1) is 5.92 Å². The smallest absolute Gasteiger partial charge is 0.325 e. The minimum Gasteiger partial charge on any atom is -0.465 e. The van der Waals surface area contributed by atoms with E-state index < -0.39 is 0 Å². The van der Waals surface area contributed by atoms with Crippen LogP contribution in [0.3, 0.4) is 0 Å². The Labute approximate surface area is 144 Å². The Morgan fingerprint density at radius 3 is 1.92 bits per heavy atom. The predicted molar refractivity (Wildman–Crippen MR) is 95.6 cm³/mol. The van der Waals surface area contributed by atoms with Crippen LogP contribution in [-0.2, 0) is 9.53 Å². The number of esters is 1. The van der Waals surface area contributed by atoms with E-state index in [1.54, 1.807) is 0 Å². The molecular formula is C21H25NO2. The van der Waals surface area contributed by atoms with E-state index in [0.717, 1.165) is 0 Å². The van der Waals surface area contributed by atoms with Crippen molar-refractivity contribution in [1.29, 1.82) is 0 Å². The third-order valence-electron chi connectivity index (χ3n) is 4.64. The van der Waals surface area contributed by atoms with Crippen molar-refractivity contribution >= 4 is 5.97 Å². The summed E-state index contributed by atoms with van der Waals surface area (Å²) in [6, 6.07) is 20.9. The molecule has 1 aliphatic rings. The molecule has 0 saturated carbocycles. The molecule has 3 rings (SSSR count). The van der Waals surface area contributed by atoms with E-state index in [1.165, 1.54) is 11.1 Å². The Morgan fingerprint density at radius 2 is 1.50 bits per heavy atom. The van der Waals surface area contributed by atoms with Crippen molar-refractivity contribution in [2.24, 2.45) is 5.92 Å². The van der Waals surface area contributed by atoms with Crippen molar-refractivity contribution in [2.45, 2.75) is 38.9 Å². The monoisotopic (exact) mass is 323 g/mol. The van der Waals surface area contributed by atoms with E-state index in [1.807, 2.05) is 19.1 Å². The highest BCUT2D eigenvalue weighted by atomic mass is 16.5. The summed E-state index contributed by atoms with van der Waals surface area (Å²) in [4.78, 5) is 14.7. The second-order valence-corrected chi connectivity index (χ2v) is 6.60. The van der Waals surface area contributed by atoms with Gasteiger partial charge >= 0.3 is 5.97 Å². The molecule has 2 aromatic rings. The summed E-state index contributed by atoms with van der Waals surface area (Å²) in [6.45, 7) is 6.63. The third kappa shape index (κ3) is 3.22. The van der Waals surface area contributed by atoms with Crippen molar-refractivity contribution in [1.82, 2.24) is 4.90 Å². The zero-order valence-electron chi connectivity index (χ0n) is 14.6. The van der Waals surface area contributed by atoms with Gasteiger partial charge in [-0.25, -0.2) is 0 Å². The fourth-order valence-electron chi connectivity index (χ4n) is 3.60. The molecule has 1 saturated heterocycles. The number of ether oxygens (including phenoxy) is 1. The Hall–Kier alpha value is -2.13. The molecule has 0 aliphatic carbocycles. The van der Waals surface area contributed by atoms with Crippen molar-refractivity contribution in [3.05, 3.63) is 71.8 Å². The third-order valence-corrected chi connectivity index (χ3v) is 4.64. The summed E-state index contributed by atoms with van der Waals surface area (Å²) in [5.41, 5.74) is 2.42. The fraction of sp³-hybridized carbons (Fsp3) is 0.381. The Kier molecular flexibility index (Phi) is 5.00. The number of benzene rings is 2. The maximum atomic E-state index is 12.4. The molecule has 0 spiro atoms. The summed E-state index contributed by atoms with van der Waals surface area (Å²) in [5, 5.41) is 0. The highest BCUT2D eigenvalue weighted by Crippen LogP contribution is 2.46. The van der Waals surface area contributed by atoms with Gasteiger partial charge in [0.2, 0.25) is 0 Å². The second-order valence-electron chi connectivity index (χ2n) is 6.60. The van der Waals surface area contributed by atoms with Crippen molar-refractivity contribution in [2.75, 3.05) is 6.61 Å². The zero-order valence-corrected chi connectivity index (χ0v) is 14.6. The molecule has 0 bridgehead atoms. The SMILES string of the molecule is CCOC(=O)[C@@H]1[C@H](C(C)C)N1C(c1ccccc1)c1ccccc1. The van der Waals surface area contributed by atoms with Gasteiger partial charge in [0.25, 0.3) is 0 Å². The number of rotatable bonds is 6. The van der Waals surface area contributed by atoms with Gasteiger partial charge in [0.15, 0.2) is 0 Å². The Morgan fingerprint density at radius 1 is 1.00 bits per heavy atom. The molecule has 3 nitrogen and oxygen atoms in total. The number of carbonyl (C=O) groups excluding carboxylic acids is 1. The van der Waals surface area contributed by atoms with Crippen LogP contribution in [0.25, 0.3) is 0 Å². The van der Waals surface area contributed by atoms with Crippen molar-refractivity contribution in [3.63, 3.8) is 0 Å². The molecule has 24 heavy (non-hydrogen) atoms. The molecule has 1 aliphatic heterocycles. The lowest BCUT2D eigenvalue weighted by atomic mass is 9.98. The molecule has 1 heterocycles. The van der Waals surface area contributed by atoms with Crippen molar-refractivity contribution in [3.8, 4) is 0 Å². The van der Waals surface area contributed by atoms with Gasteiger partial charge in [0.1, 0.15) is 6.04 Å². The van der Waals surface area contributed by atoms with Gasteiger partial charge in [-0.2, -0.15) is 0 Å². The first kappa shape index (κ1) is 16.7. The minimum atomic E-state index is -0.157. The van der Waals surface area contributed by atoms with Gasteiger partial charge < -0.3 is 4.74 Å². The van der Waals surface area contributed by atoms with Crippen LogP contribution in [0.15, 0.2) is 60.7 Å². The topological polar surface area (TPSA) is 29.3 Å². The average molecular weight is 323 g/mol. The Balaban J connectivity index is 1.98. The van der Waals surface area contributed by atoms with E-state index in [9.17, 15) is 4.79 Å². The fourth-order valence-corrected chi connectivity index (χ4v) is 3.60. The maximum Gasteiger partial charge on any atom is 0.325 e. The highest BCUT2D eigenvalue weighted by molar-refractivity contribution is 5.80. The molecule has 126 valence electrons. The number of hydrogen-bond acceptors (Lipinski definition) is 3. The number of carbonyl (C=O) groups is 1. The summed E-state index contributed by atoms with van der Waals surface area (Å²) < 4.78 is 5.32. The van der Waals surface area contributed by atoms with Crippen molar-refractivity contribution < 1.29 is 9.53 Å². The van der Waals surface area contributed by atoms with Crippen LogP contribution in [0.4, 0.5) is 0 Å². The average Bonchev–Trinajstić information content (AvgIpc) is 3.33. The first-order valence-corrected chi connectivity index (χ1v) is 8.69. The normalized spacial score (nSPS) is 22.6. The highest BCUT2D eigenvalue weighted by Gasteiger charge is 2.58. The molecule has 3 heteroatoms. The van der Waals surface area contributed by atoms with E-state index in [-0.39, 0.29) is 24.1 Å². The number of nitrogens with zero attached hydrogens (tertiary/aromatic N) is 1. The molecule has 0 amide bonds. The summed E-state index contributed by atoms with van der Waals surface area (Å²) in [6.07, 6.45) is 0. The van der Waals surface area contributed by atoms with Gasteiger partial charge in [-0.05, 0) is 24.0 Å². The molecule has 0 radical (unpaired) electrons. The van der Waals surface area contributed by atoms with Gasteiger partial charge in [-0.3, -0.25) is 9.69 Å². The van der Waals surface area contributed by atoms with E-state index in [0.29, 0.717) is 12.5 Å². The molecule has 3 atom stereocenters. The van der Waals surface area contributed by atoms with Crippen LogP contribution >= 0.6 is 0 Å². The molecule has 0 N–H and O–H groups in total. The van der Waals surface area contributed by atoms with E-state index in [4.69, 9.17) is 4.74 Å². The maximum absolute atomic E-state index is 12.4. The summed E-state index contributed by atoms with van der Waals surface area (Å²) >= 11 is 0. The molecule has 2 aromatic carbocycles. The van der Waals surface area contributed by atoms with E-state index >= 15 is 0 Å². The van der Waals surface area contributed by atoms with Crippen LogP contribution < -0.4 is 0 Å². The Bertz CT molecular complexity index is 629. The first-order chi connectivity index (χ1) is 11.6. The summed E-state index contributed by atoms with van der Waals surface area (Å²) in [7, 11) is 0. The molecular weight excluding hydrogens is 298 g/mol. The zero-order chi connectivity index (χ0) is 17.1. The van der Waals surface area contributed by atoms with Crippen LogP contribution in [0.1, 0.15) is 37.9 Å². The lowest BCUT2D eigenvalue weighted by Gasteiger charge is -2.21. The first-order valence-electron chi connectivity index (χ1n) is 8.69. The number of hydrogen-bond donors (Lipinski definition) is 0. The lowest BCUT2D eigenvalue weighted by molar-refractivity contribution is -0.143. The molecule has 1 unspecified atom stereocenters. The predicted octanol–water partition coefficient (Wildman–Crippen LogP) is 4.05. The van der Waals surface area contributed by atoms with Crippen LogP contribution in [0.2, 0.25) is 0 Å². The van der Waals surface area contributed by atoms with Crippen LogP contribution in [-0.4, -0.2) is 29.6 Å². The second kappa shape index (κ2) is 7.18. The van der Waals surface area contributed by atoms with Gasteiger partial charge in [-0.15, -0.1) is 0 Å². The van der Waals surface area contributed by atoms with Gasteiger partial charge in [0.05, 0.1) is 12.6 Å². The molecule has 1 fully saturated rings. The largest absolute Gasteiger partial charge is 0.465 e. The quantitative estimate of drug-likeness (QED) is 0.593. The van der Waals surface area contributed by atoms with Crippen LogP contribution in [0.5, 0.6) is 0 Å².